The first kappa shape index (κ1) is 12.2. The van der Waals surface area contributed by atoms with Crippen LogP contribution in [0.2, 0.25) is 0 Å². The highest BCUT2D eigenvalue weighted by Crippen LogP contribution is 2.46. The SMILES string of the molecule is COc1ccc(C2SCCS2)cc1C(C)C. The van der Waals surface area contributed by atoms with Crippen molar-refractivity contribution in [1.29, 1.82) is 0 Å². The van der Waals surface area contributed by atoms with Crippen molar-refractivity contribution in [3.63, 3.8) is 0 Å². The Morgan fingerprint density at radius 3 is 2.50 bits per heavy atom. The highest BCUT2D eigenvalue weighted by atomic mass is 32.2. The van der Waals surface area contributed by atoms with Crippen LogP contribution < -0.4 is 4.74 Å². The van der Waals surface area contributed by atoms with E-state index in [2.05, 4.69) is 55.6 Å². The van der Waals surface area contributed by atoms with E-state index in [-0.39, 0.29) is 0 Å². The van der Waals surface area contributed by atoms with Gasteiger partial charge in [0.25, 0.3) is 0 Å². The van der Waals surface area contributed by atoms with Crippen molar-refractivity contribution in [2.45, 2.75) is 24.3 Å². The van der Waals surface area contributed by atoms with Crippen molar-refractivity contribution in [2.75, 3.05) is 18.6 Å². The summed E-state index contributed by atoms with van der Waals surface area (Å²) in [6.07, 6.45) is 0. The number of hydrogen-bond donors (Lipinski definition) is 0. The summed E-state index contributed by atoms with van der Waals surface area (Å²) >= 11 is 4.10. The lowest BCUT2D eigenvalue weighted by atomic mass is 10.00. The number of thioether (sulfide) groups is 2. The van der Waals surface area contributed by atoms with E-state index < -0.39 is 0 Å². The van der Waals surface area contributed by atoms with Gasteiger partial charge in [0.2, 0.25) is 0 Å². The van der Waals surface area contributed by atoms with Gasteiger partial charge in [-0.1, -0.05) is 19.9 Å². The van der Waals surface area contributed by atoms with E-state index in [1.54, 1.807) is 7.11 Å². The molecule has 1 saturated heterocycles. The Balaban J connectivity index is 2.30. The van der Waals surface area contributed by atoms with Crippen LogP contribution in [0, 0.1) is 0 Å². The third-order valence-corrected chi connectivity index (χ3v) is 5.87. The first-order valence-electron chi connectivity index (χ1n) is 5.63. The van der Waals surface area contributed by atoms with Crippen LogP contribution in [0.15, 0.2) is 18.2 Å². The molecule has 1 aromatic rings. The zero-order valence-corrected chi connectivity index (χ0v) is 11.7. The smallest absolute Gasteiger partial charge is 0.122 e. The summed E-state index contributed by atoms with van der Waals surface area (Å²) in [7, 11) is 1.75. The summed E-state index contributed by atoms with van der Waals surface area (Å²) in [6.45, 7) is 4.44. The fourth-order valence-electron chi connectivity index (χ4n) is 1.90. The summed E-state index contributed by atoms with van der Waals surface area (Å²) in [6, 6.07) is 6.64. The number of ether oxygens (including phenoxy) is 1. The Morgan fingerprint density at radius 1 is 1.25 bits per heavy atom. The maximum atomic E-state index is 5.41. The zero-order valence-electron chi connectivity index (χ0n) is 10.0. The topological polar surface area (TPSA) is 9.23 Å². The van der Waals surface area contributed by atoms with Crippen molar-refractivity contribution >= 4 is 23.5 Å². The number of benzene rings is 1. The van der Waals surface area contributed by atoms with Crippen molar-refractivity contribution in [1.82, 2.24) is 0 Å². The molecule has 88 valence electrons. The van der Waals surface area contributed by atoms with Gasteiger partial charge in [-0.05, 0) is 29.2 Å². The quantitative estimate of drug-likeness (QED) is 0.796. The standard InChI is InChI=1S/C13H18OS2/c1-9(2)11-8-10(4-5-12(11)14-3)13-15-6-7-16-13/h4-5,8-9,13H,6-7H2,1-3H3. The average Bonchev–Trinajstić information content (AvgIpc) is 2.81. The maximum Gasteiger partial charge on any atom is 0.122 e. The zero-order chi connectivity index (χ0) is 11.5. The Hall–Kier alpha value is -0.280. The fraction of sp³-hybridized carbons (Fsp3) is 0.538. The van der Waals surface area contributed by atoms with Gasteiger partial charge in [0.15, 0.2) is 0 Å². The lowest BCUT2D eigenvalue weighted by Gasteiger charge is -2.15. The molecule has 1 fully saturated rings. The molecule has 0 spiro atoms. The van der Waals surface area contributed by atoms with Gasteiger partial charge in [0, 0.05) is 11.5 Å². The number of hydrogen-bond acceptors (Lipinski definition) is 3. The Kier molecular flexibility index (Phi) is 4.09. The van der Waals surface area contributed by atoms with Crippen molar-refractivity contribution in [2.24, 2.45) is 0 Å². The normalized spacial score (nSPS) is 17.0. The van der Waals surface area contributed by atoms with Gasteiger partial charge in [0.1, 0.15) is 5.75 Å². The van der Waals surface area contributed by atoms with E-state index >= 15 is 0 Å². The predicted molar refractivity (Wildman–Crippen MR) is 74.7 cm³/mol. The van der Waals surface area contributed by atoms with Gasteiger partial charge in [0.05, 0.1) is 11.7 Å². The van der Waals surface area contributed by atoms with E-state index in [4.69, 9.17) is 4.74 Å². The molecule has 1 aliphatic heterocycles. The summed E-state index contributed by atoms with van der Waals surface area (Å²) in [5.74, 6) is 4.09. The minimum atomic E-state index is 0.520. The lowest BCUT2D eigenvalue weighted by Crippen LogP contribution is -1.96. The monoisotopic (exact) mass is 254 g/mol. The Labute approximate surface area is 106 Å². The van der Waals surface area contributed by atoms with Crippen LogP contribution in [0.5, 0.6) is 5.75 Å². The van der Waals surface area contributed by atoms with Gasteiger partial charge in [-0.25, -0.2) is 0 Å². The van der Waals surface area contributed by atoms with Gasteiger partial charge in [-0.2, -0.15) is 0 Å². The maximum absolute atomic E-state index is 5.41. The molecule has 1 aromatic carbocycles. The van der Waals surface area contributed by atoms with Crippen molar-refractivity contribution in [3.05, 3.63) is 29.3 Å². The molecule has 3 heteroatoms. The highest BCUT2D eigenvalue weighted by molar-refractivity contribution is 8.19. The summed E-state index contributed by atoms with van der Waals surface area (Å²) in [5, 5.41) is 0. The van der Waals surface area contributed by atoms with Crippen LogP contribution in [0.3, 0.4) is 0 Å². The second-order valence-corrected chi connectivity index (χ2v) is 6.95. The molecule has 16 heavy (non-hydrogen) atoms. The molecule has 0 saturated carbocycles. The molecule has 0 aliphatic carbocycles. The molecule has 0 atom stereocenters. The molecule has 0 unspecified atom stereocenters. The minimum absolute atomic E-state index is 0.520. The molecule has 0 radical (unpaired) electrons. The summed E-state index contributed by atoms with van der Waals surface area (Å²) < 4.78 is 6.04. The summed E-state index contributed by atoms with van der Waals surface area (Å²) in [4.78, 5) is 0. The lowest BCUT2D eigenvalue weighted by molar-refractivity contribution is 0.407. The van der Waals surface area contributed by atoms with E-state index in [0.29, 0.717) is 10.5 Å². The molecule has 0 amide bonds. The minimum Gasteiger partial charge on any atom is -0.496 e. The molecule has 0 bridgehead atoms. The van der Waals surface area contributed by atoms with E-state index in [0.717, 1.165) is 5.75 Å². The van der Waals surface area contributed by atoms with Gasteiger partial charge < -0.3 is 4.74 Å². The van der Waals surface area contributed by atoms with Crippen LogP contribution in [0.25, 0.3) is 0 Å². The van der Waals surface area contributed by atoms with Crippen molar-refractivity contribution in [3.8, 4) is 5.75 Å². The largest absolute Gasteiger partial charge is 0.496 e. The molecular weight excluding hydrogens is 236 g/mol. The third-order valence-electron chi connectivity index (χ3n) is 2.77. The molecule has 1 aliphatic rings. The number of methoxy groups -OCH3 is 1. The van der Waals surface area contributed by atoms with E-state index in [9.17, 15) is 0 Å². The van der Waals surface area contributed by atoms with Crippen LogP contribution in [-0.4, -0.2) is 18.6 Å². The molecule has 0 aromatic heterocycles. The first-order valence-corrected chi connectivity index (χ1v) is 7.73. The highest BCUT2D eigenvalue weighted by Gasteiger charge is 2.20. The molecule has 1 nitrogen and oxygen atoms in total. The van der Waals surface area contributed by atoms with E-state index in [1.807, 2.05) is 0 Å². The molecule has 1 heterocycles. The molecule has 0 N–H and O–H groups in total. The molecule has 2 rings (SSSR count). The van der Waals surface area contributed by atoms with Crippen LogP contribution in [0.4, 0.5) is 0 Å². The average molecular weight is 254 g/mol. The van der Waals surface area contributed by atoms with Crippen molar-refractivity contribution < 1.29 is 4.74 Å². The van der Waals surface area contributed by atoms with Gasteiger partial charge >= 0.3 is 0 Å². The van der Waals surface area contributed by atoms with E-state index in [1.165, 1.54) is 22.6 Å². The van der Waals surface area contributed by atoms with Crippen LogP contribution >= 0.6 is 23.5 Å². The molecular formula is C13H18OS2. The second kappa shape index (κ2) is 5.37. The fourth-order valence-corrected chi connectivity index (χ4v) is 4.74. The van der Waals surface area contributed by atoms with Gasteiger partial charge in [-0.3, -0.25) is 0 Å². The van der Waals surface area contributed by atoms with Gasteiger partial charge in [-0.15, -0.1) is 23.5 Å². The van der Waals surface area contributed by atoms with Crippen LogP contribution in [0.1, 0.15) is 35.5 Å². The Bertz CT molecular complexity index is 357. The summed E-state index contributed by atoms with van der Waals surface area (Å²) in [5.41, 5.74) is 2.77. The number of rotatable bonds is 3. The predicted octanol–water partition coefficient (Wildman–Crippen LogP) is 4.30. The third kappa shape index (κ3) is 2.51. The van der Waals surface area contributed by atoms with Crippen LogP contribution in [-0.2, 0) is 0 Å². The Morgan fingerprint density at radius 2 is 1.94 bits per heavy atom. The second-order valence-electron chi connectivity index (χ2n) is 4.23. The first-order chi connectivity index (χ1) is 7.72.